The fourth-order valence-electron chi connectivity index (χ4n) is 2.22. The number of nitrogens with one attached hydrogen (secondary N) is 1. The van der Waals surface area contributed by atoms with Crippen LogP contribution < -0.4 is 10.1 Å². The molecule has 1 saturated carbocycles. The van der Waals surface area contributed by atoms with Gasteiger partial charge in [0.15, 0.2) is 0 Å². The third kappa shape index (κ3) is 3.23. The molecular weight excluding hydrogens is 250 g/mol. The lowest BCUT2D eigenvalue weighted by Gasteiger charge is -2.07. The second-order valence-corrected chi connectivity index (χ2v) is 5.50. The molecule has 0 amide bonds. The highest BCUT2D eigenvalue weighted by atomic mass is 16.5. The largest absolute Gasteiger partial charge is 0.489 e. The lowest BCUT2D eigenvalue weighted by molar-refractivity contribution is 0.301. The van der Waals surface area contributed by atoms with Gasteiger partial charge in [-0.1, -0.05) is 18.2 Å². The van der Waals surface area contributed by atoms with Gasteiger partial charge in [-0.2, -0.15) is 0 Å². The summed E-state index contributed by atoms with van der Waals surface area (Å²) >= 11 is 0. The van der Waals surface area contributed by atoms with Gasteiger partial charge >= 0.3 is 0 Å². The van der Waals surface area contributed by atoms with Crippen molar-refractivity contribution < 1.29 is 9.15 Å². The van der Waals surface area contributed by atoms with Gasteiger partial charge in [-0.3, -0.25) is 0 Å². The zero-order valence-electron chi connectivity index (χ0n) is 12.1. The Morgan fingerprint density at radius 1 is 1.25 bits per heavy atom. The number of furan rings is 1. The average molecular weight is 271 g/mol. The van der Waals surface area contributed by atoms with Crippen LogP contribution in [0.3, 0.4) is 0 Å². The van der Waals surface area contributed by atoms with E-state index in [0.29, 0.717) is 12.6 Å². The van der Waals surface area contributed by atoms with Crippen molar-refractivity contribution in [2.45, 2.75) is 45.9 Å². The Morgan fingerprint density at radius 3 is 2.80 bits per heavy atom. The monoisotopic (exact) mass is 271 g/mol. The summed E-state index contributed by atoms with van der Waals surface area (Å²) in [7, 11) is 0. The van der Waals surface area contributed by atoms with E-state index in [2.05, 4.69) is 24.4 Å². The molecule has 0 unspecified atom stereocenters. The quantitative estimate of drug-likeness (QED) is 0.869. The molecule has 1 fully saturated rings. The fraction of sp³-hybridized carbons (Fsp3) is 0.412. The van der Waals surface area contributed by atoms with Gasteiger partial charge in [0.2, 0.25) is 0 Å². The molecule has 3 nitrogen and oxygen atoms in total. The topological polar surface area (TPSA) is 34.4 Å². The van der Waals surface area contributed by atoms with Gasteiger partial charge in [0, 0.05) is 11.6 Å². The molecule has 106 valence electrons. The molecule has 1 aliphatic rings. The maximum absolute atomic E-state index is 5.87. The number of rotatable bonds is 6. The van der Waals surface area contributed by atoms with E-state index >= 15 is 0 Å². The highest BCUT2D eigenvalue weighted by Crippen LogP contribution is 2.22. The van der Waals surface area contributed by atoms with Crippen LogP contribution in [0.5, 0.6) is 5.75 Å². The van der Waals surface area contributed by atoms with Crippen molar-refractivity contribution in [2.75, 3.05) is 0 Å². The molecule has 1 N–H and O–H groups in total. The van der Waals surface area contributed by atoms with Crippen LogP contribution in [-0.2, 0) is 13.2 Å². The Hall–Kier alpha value is -1.74. The van der Waals surface area contributed by atoms with E-state index < -0.39 is 0 Å². The normalized spacial score (nSPS) is 14.5. The SMILES string of the molecule is Cc1ccccc1OCc1cc(CNC2CC2)oc1C. The molecule has 1 aliphatic carbocycles. The standard InChI is InChI=1S/C17H21NO2/c1-12-5-3-4-6-17(12)19-11-14-9-16(20-13(14)2)10-18-15-7-8-15/h3-6,9,15,18H,7-8,10-11H2,1-2H3. The van der Waals surface area contributed by atoms with Crippen molar-refractivity contribution in [2.24, 2.45) is 0 Å². The predicted octanol–water partition coefficient (Wildman–Crippen LogP) is 3.73. The van der Waals surface area contributed by atoms with E-state index in [1.807, 2.05) is 25.1 Å². The highest BCUT2D eigenvalue weighted by molar-refractivity contribution is 5.32. The van der Waals surface area contributed by atoms with Gasteiger partial charge in [0.05, 0.1) is 6.54 Å². The van der Waals surface area contributed by atoms with E-state index in [-0.39, 0.29) is 0 Å². The first kappa shape index (κ1) is 13.3. The van der Waals surface area contributed by atoms with E-state index in [4.69, 9.17) is 9.15 Å². The lowest BCUT2D eigenvalue weighted by atomic mass is 10.2. The molecule has 3 heteroatoms. The minimum absolute atomic E-state index is 0.559. The Morgan fingerprint density at radius 2 is 2.05 bits per heavy atom. The van der Waals surface area contributed by atoms with Gasteiger partial charge in [0.1, 0.15) is 23.9 Å². The Balaban J connectivity index is 1.60. The van der Waals surface area contributed by atoms with Gasteiger partial charge in [-0.15, -0.1) is 0 Å². The van der Waals surface area contributed by atoms with Crippen molar-refractivity contribution in [1.29, 1.82) is 0 Å². The zero-order valence-corrected chi connectivity index (χ0v) is 12.1. The molecule has 3 rings (SSSR count). The van der Waals surface area contributed by atoms with Gasteiger partial charge < -0.3 is 14.5 Å². The molecular formula is C17H21NO2. The van der Waals surface area contributed by atoms with Crippen LogP contribution in [0.4, 0.5) is 0 Å². The summed E-state index contributed by atoms with van der Waals surface area (Å²) in [5.41, 5.74) is 2.28. The van der Waals surface area contributed by atoms with Gasteiger partial charge in [-0.05, 0) is 44.4 Å². The first-order chi connectivity index (χ1) is 9.72. The smallest absolute Gasteiger partial charge is 0.122 e. The van der Waals surface area contributed by atoms with Gasteiger partial charge in [0.25, 0.3) is 0 Å². The van der Waals surface area contributed by atoms with Crippen molar-refractivity contribution in [3.8, 4) is 5.75 Å². The molecule has 20 heavy (non-hydrogen) atoms. The first-order valence-electron chi connectivity index (χ1n) is 7.22. The van der Waals surface area contributed by atoms with Crippen molar-refractivity contribution in [3.63, 3.8) is 0 Å². The summed E-state index contributed by atoms with van der Waals surface area (Å²) in [4.78, 5) is 0. The molecule has 0 saturated heterocycles. The molecule has 0 spiro atoms. The molecule has 2 aromatic rings. The highest BCUT2D eigenvalue weighted by Gasteiger charge is 2.20. The molecule has 0 bridgehead atoms. The van der Waals surface area contributed by atoms with Gasteiger partial charge in [-0.25, -0.2) is 0 Å². The first-order valence-corrected chi connectivity index (χ1v) is 7.22. The van der Waals surface area contributed by atoms with Crippen molar-refractivity contribution >= 4 is 0 Å². The summed E-state index contributed by atoms with van der Waals surface area (Å²) in [6, 6.07) is 10.9. The maximum Gasteiger partial charge on any atom is 0.122 e. The van der Waals surface area contributed by atoms with E-state index in [1.165, 1.54) is 12.8 Å². The second-order valence-electron chi connectivity index (χ2n) is 5.50. The number of aryl methyl sites for hydroxylation is 2. The average Bonchev–Trinajstić information content (AvgIpc) is 3.20. The lowest BCUT2D eigenvalue weighted by Crippen LogP contribution is -2.14. The number of para-hydroxylation sites is 1. The number of hydrogen-bond donors (Lipinski definition) is 1. The third-order valence-electron chi connectivity index (χ3n) is 3.69. The van der Waals surface area contributed by atoms with Crippen molar-refractivity contribution in [1.82, 2.24) is 5.32 Å². The van der Waals surface area contributed by atoms with Crippen LogP contribution >= 0.6 is 0 Å². The van der Waals surface area contributed by atoms with Crippen LogP contribution in [0.25, 0.3) is 0 Å². The van der Waals surface area contributed by atoms with Crippen molar-refractivity contribution in [3.05, 3.63) is 53.0 Å². The van der Waals surface area contributed by atoms with Crippen LogP contribution in [0.15, 0.2) is 34.7 Å². The van der Waals surface area contributed by atoms with E-state index in [0.717, 1.165) is 34.9 Å². The van der Waals surface area contributed by atoms with Crippen LogP contribution in [-0.4, -0.2) is 6.04 Å². The summed E-state index contributed by atoms with van der Waals surface area (Å²) < 4.78 is 11.6. The summed E-state index contributed by atoms with van der Waals surface area (Å²) in [6.45, 7) is 5.43. The minimum Gasteiger partial charge on any atom is -0.489 e. The Labute approximate surface area is 119 Å². The molecule has 1 aromatic heterocycles. The molecule has 0 radical (unpaired) electrons. The molecule has 1 heterocycles. The predicted molar refractivity (Wildman–Crippen MR) is 78.8 cm³/mol. The summed E-state index contributed by atoms with van der Waals surface area (Å²) in [5, 5.41) is 3.46. The summed E-state index contributed by atoms with van der Waals surface area (Å²) in [5.74, 6) is 2.88. The molecule has 1 aromatic carbocycles. The van der Waals surface area contributed by atoms with Crippen LogP contribution in [0.2, 0.25) is 0 Å². The fourth-order valence-corrected chi connectivity index (χ4v) is 2.22. The molecule has 0 atom stereocenters. The minimum atomic E-state index is 0.559. The maximum atomic E-state index is 5.87. The van der Waals surface area contributed by atoms with Crippen LogP contribution in [0.1, 0.15) is 35.5 Å². The third-order valence-corrected chi connectivity index (χ3v) is 3.69. The number of ether oxygens (including phenoxy) is 1. The number of hydrogen-bond acceptors (Lipinski definition) is 3. The molecule has 0 aliphatic heterocycles. The zero-order chi connectivity index (χ0) is 13.9. The van der Waals surface area contributed by atoms with E-state index in [1.54, 1.807) is 0 Å². The van der Waals surface area contributed by atoms with E-state index in [9.17, 15) is 0 Å². The summed E-state index contributed by atoms with van der Waals surface area (Å²) in [6.07, 6.45) is 2.59. The number of benzene rings is 1. The Kier molecular flexibility index (Phi) is 3.79. The second kappa shape index (κ2) is 5.71. The van der Waals surface area contributed by atoms with Crippen LogP contribution in [0, 0.1) is 13.8 Å². The Bertz CT molecular complexity index is 584.